The zero-order chi connectivity index (χ0) is 24.1. The van der Waals surface area contributed by atoms with E-state index in [0.29, 0.717) is 24.6 Å². The van der Waals surface area contributed by atoms with Gasteiger partial charge >= 0.3 is 5.69 Å². The Morgan fingerprint density at radius 1 is 1.36 bits per heavy atom. The monoisotopic (exact) mass is 472 g/mol. The van der Waals surface area contributed by atoms with Crippen LogP contribution < -0.4 is 26.6 Å². The highest BCUT2D eigenvalue weighted by Gasteiger charge is 2.24. The lowest BCUT2D eigenvalue weighted by Gasteiger charge is -2.25. The molecule has 0 saturated carbocycles. The van der Waals surface area contributed by atoms with Gasteiger partial charge in [-0.2, -0.15) is 0 Å². The molecule has 176 valence electrons. The molecule has 0 fully saturated rings. The van der Waals surface area contributed by atoms with Crippen LogP contribution >= 0.6 is 11.6 Å². The molecule has 2 heterocycles. The number of amides is 1. The zero-order valence-electron chi connectivity index (χ0n) is 19.1. The van der Waals surface area contributed by atoms with Crippen molar-refractivity contribution in [3.8, 4) is 5.75 Å². The number of nitrogens with one attached hydrogen (secondary N) is 1. The van der Waals surface area contributed by atoms with Crippen LogP contribution in [0.2, 0.25) is 5.02 Å². The number of benzene rings is 1. The van der Waals surface area contributed by atoms with Gasteiger partial charge in [-0.05, 0) is 42.2 Å². The van der Waals surface area contributed by atoms with Crippen LogP contribution in [0, 0.1) is 5.92 Å². The second-order valence-electron chi connectivity index (χ2n) is 8.36. The number of carbonyl (C=O) groups is 1. The Bertz CT molecular complexity index is 1210. The van der Waals surface area contributed by atoms with Gasteiger partial charge in [0.25, 0.3) is 11.5 Å². The van der Waals surface area contributed by atoms with E-state index in [1.54, 1.807) is 24.3 Å². The van der Waals surface area contributed by atoms with Gasteiger partial charge in [0.15, 0.2) is 5.69 Å². The first-order valence-corrected chi connectivity index (χ1v) is 11.3. The average molecular weight is 473 g/mol. The van der Waals surface area contributed by atoms with Crippen molar-refractivity contribution in [1.29, 1.82) is 0 Å². The number of halogens is 1. The third-order valence-electron chi connectivity index (χ3n) is 5.18. The molecule has 0 saturated heterocycles. The molecule has 0 radical (unpaired) electrons. The number of nitrogen functional groups attached to an aromatic ring is 1. The van der Waals surface area contributed by atoms with E-state index in [0.717, 1.165) is 23.3 Å². The Morgan fingerprint density at radius 2 is 2.12 bits per heavy atom. The third-order valence-corrected chi connectivity index (χ3v) is 5.42. The summed E-state index contributed by atoms with van der Waals surface area (Å²) in [6.45, 7) is 6.77. The van der Waals surface area contributed by atoms with Crippen LogP contribution in [0.5, 0.6) is 5.75 Å². The lowest BCUT2D eigenvalue weighted by molar-refractivity contribution is -0.114. The molecule has 0 spiro atoms. The van der Waals surface area contributed by atoms with Crippen LogP contribution in [-0.4, -0.2) is 28.6 Å². The van der Waals surface area contributed by atoms with Crippen molar-refractivity contribution in [2.45, 2.75) is 40.2 Å². The van der Waals surface area contributed by atoms with Gasteiger partial charge in [-0.1, -0.05) is 44.9 Å². The van der Waals surface area contributed by atoms with Crippen molar-refractivity contribution in [2.75, 3.05) is 23.8 Å². The van der Waals surface area contributed by atoms with E-state index in [1.165, 1.54) is 15.5 Å². The Morgan fingerprint density at radius 3 is 2.82 bits per heavy atom. The fourth-order valence-corrected chi connectivity index (χ4v) is 3.74. The number of H-pyrrole nitrogens is 1. The molecule has 0 unspecified atom stereocenters. The molecule has 1 aromatic heterocycles. The minimum atomic E-state index is -0.684. The minimum absolute atomic E-state index is 0.0108. The number of ether oxygens (including phenoxy) is 1. The van der Waals surface area contributed by atoms with Gasteiger partial charge in [0, 0.05) is 29.8 Å². The maximum absolute atomic E-state index is 13.2. The fourth-order valence-electron chi connectivity index (χ4n) is 3.56. The summed E-state index contributed by atoms with van der Waals surface area (Å²) in [5.74, 6) is 0.351. The molecular weight excluding hydrogens is 444 g/mol. The molecule has 8 nitrogen and oxygen atoms in total. The Balaban J connectivity index is 1.95. The molecule has 3 rings (SSSR count). The second kappa shape index (κ2) is 10.6. The lowest BCUT2D eigenvalue weighted by Crippen LogP contribution is -2.42. The summed E-state index contributed by atoms with van der Waals surface area (Å²) in [6, 6.07) is 5.34. The predicted octanol–water partition coefficient (Wildman–Crippen LogP) is 3.59. The van der Waals surface area contributed by atoms with E-state index >= 15 is 0 Å². The number of nitrogens with two attached hydrogens (primary N) is 1. The van der Waals surface area contributed by atoms with Crippen LogP contribution in [0.25, 0.3) is 6.08 Å². The van der Waals surface area contributed by atoms with Crippen LogP contribution in [0.15, 0.2) is 45.5 Å². The molecule has 0 aliphatic carbocycles. The largest absolute Gasteiger partial charge is 0.488 e. The van der Waals surface area contributed by atoms with Crippen molar-refractivity contribution in [2.24, 2.45) is 5.92 Å². The lowest BCUT2D eigenvalue weighted by atomic mass is 10.1. The maximum Gasteiger partial charge on any atom is 0.330 e. The Labute approximate surface area is 197 Å². The smallest absolute Gasteiger partial charge is 0.330 e. The number of hydrogen-bond donors (Lipinski definition) is 2. The van der Waals surface area contributed by atoms with Gasteiger partial charge < -0.3 is 15.4 Å². The van der Waals surface area contributed by atoms with Gasteiger partial charge in [-0.3, -0.25) is 19.1 Å². The molecule has 9 heteroatoms. The number of nitrogens with zero attached hydrogens (tertiary/aromatic N) is 2. The number of aromatic amines is 1. The number of anilines is 2. The summed E-state index contributed by atoms with van der Waals surface area (Å²) in [7, 11) is 0. The van der Waals surface area contributed by atoms with Gasteiger partial charge in [-0.15, -0.1) is 0 Å². The summed E-state index contributed by atoms with van der Waals surface area (Å²) < 4.78 is 7.03. The minimum Gasteiger partial charge on any atom is -0.488 e. The average Bonchev–Trinajstić information content (AvgIpc) is 2.75. The molecule has 33 heavy (non-hydrogen) atoms. The van der Waals surface area contributed by atoms with Gasteiger partial charge in [-0.25, -0.2) is 4.79 Å². The van der Waals surface area contributed by atoms with E-state index in [2.05, 4.69) is 4.98 Å². The van der Waals surface area contributed by atoms with E-state index in [1.807, 2.05) is 26.8 Å². The van der Waals surface area contributed by atoms with Crippen molar-refractivity contribution >= 4 is 35.1 Å². The topological polar surface area (TPSA) is 110 Å². The Hall–Kier alpha value is -3.26. The van der Waals surface area contributed by atoms with Crippen molar-refractivity contribution in [3.63, 3.8) is 0 Å². The first-order valence-electron chi connectivity index (χ1n) is 11.0. The maximum atomic E-state index is 13.2. The number of carbonyl (C=O) groups excluding carboxylic acids is 1. The number of fused-ring (bicyclic) bond motifs is 1. The number of hydrogen-bond acceptors (Lipinski definition) is 5. The highest BCUT2D eigenvalue weighted by atomic mass is 35.5. The summed E-state index contributed by atoms with van der Waals surface area (Å²) in [5, 5.41) is 0.589. The summed E-state index contributed by atoms with van der Waals surface area (Å²) >= 11 is 6.06. The van der Waals surface area contributed by atoms with E-state index in [-0.39, 0.29) is 24.0 Å². The molecule has 0 bridgehead atoms. The summed E-state index contributed by atoms with van der Waals surface area (Å²) in [4.78, 5) is 41.8. The van der Waals surface area contributed by atoms with Crippen LogP contribution in [-0.2, 0) is 11.3 Å². The second-order valence-corrected chi connectivity index (χ2v) is 8.80. The molecule has 3 N–H and O–H groups in total. The quantitative estimate of drug-likeness (QED) is 0.570. The summed E-state index contributed by atoms with van der Waals surface area (Å²) in [6.07, 6.45) is 6.49. The van der Waals surface area contributed by atoms with Gasteiger partial charge in [0.2, 0.25) is 0 Å². The molecule has 1 amide bonds. The fraction of sp³-hybridized carbons (Fsp3) is 0.375. The summed E-state index contributed by atoms with van der Waals surface area (Å²) in [5.41, 5.74) is 6.55. The van der Waals surface area contributed by atoms with Crippen molar-refractivity contribution in [3.05, 3.63) is 67.3 Å². The first-order chi connectivity index (χ1) is 15.7. The molecule has 2 aromatic rings. The SMILES string of the molecule is CCCCn1c(N)c(N(CC(C)C)C(=O)/C=C/C2=Cc3cc(Cl)ccc3OC2)c(=O)[nH]c1=O. The zero-order valence-corrected chi connectivity index (χ0v) is 19.8. The molecule has 1 aromatic carbocycles. The van der Waals surface area contributed by atoms with Gasteiger partial charge in [0.1, 0.15) is 18.2 Å². The van der Waals surface area contributed by atoms with E-state index < -0.39 is 17.2 Å². The molecule has 1 aliphatic rings. The van der Waals surface area contributed by atoms with Crippen molar-refractivity contribution < 1.29 is 9.53 Å². The van der Waals surface area contributed by atoms with Crippen LogP contribution in [0.4, 0.5) is 11.5 Å². The predicted molar refractivity (Wildman–Crippen MR) is 132 cm³/mol. The molecule has 0 atom stereocenters. The molecule has 1 aliphatic heterocycles. The van der Waals surface area contributed by atoms with E-state index in [4.69, 9.17) is 22.1 Å². The standard InChI is InChI=1S/C24H29ClN4O4/c1-4-5-10-28-22(26)21(23(31)27-24(28)32)29(13-15(2)3)20(30)9-6-16-11-17-12-18(25)7-8-19(17)33-14-16/h6-9,11-12,15H,4-5,10,13-14,26H2,1-3H3,(H,27,31,32)/b9-6+. The highest BCUT2D eigenvalue weighted by Crippen LogP contribution is 2.29. The van der Waals surface area contributed by atoms with Gasteiger partial charge in [0.05, 0.1) is 0 Å². The van der Waals surface area contributed by atoms with Crippen LogP contribution in [0.1, 0.15) is 39.2 Å². The first kappa shape index (κ1) is 24.4. The van der Waals surface area contributed by atoms with Crippen molar-refractivity contribution in [1.82, 2.24) is 9.55 Å². The Kier molecular flexibility index (Phi) is 7.81. The number of aromatic nitrogens is 2. The normalized spacial score (nSPS) is 13.1. The third kappa shape index (κ3) is 5.76. The van der Waals surface area contributed by atoms with E-state index in [9.17, 15) is 14.4 Å². The highest BCUT2D eigenvalue weighted by molar-refractivity contribution is 6.30. The number of unbranched alkanes of at least 4 members (excludes halogenated alkanes) is 1. The van der Waals surface area contributed by atoms with Crippen LogP contribution in [0.3, 0.4) is 0 Å². The molecular formula is C24H29ClN4O4. The number of rotatable bonds is 8.